The summed E-state index contributed by atoms with van der Waals surface area (Å²) in [7, 11) is 0. The van der Waals surface area contributed by atoms with Gasteiger partial charge in [0.15, 0.2) is 0 Å². The van der Waals surface area contributed by atoms with Gasteiger partial charge < -0.3 is 20.7 Å². The van der Waals surface area contributed by atoms with Crippen LogP contribution in [0.15, 0.2) is 54.1 Å². The second kappa shape index (κ2) is 10.4. The van der Waals surface area contributed by atoms with E-state index in [1.807, 2.05) is 31.2 Å². The number of hydrogen-bond acceptors (Lipinski definition) is 4. The molecule has 31 heavy (non-hydrogen) atoms. The number of amidine groups is 2. The Morgan fingerprint density at radius 2 is 1.84 bits per heavy atom. The zero-order valence-electron chi connectivity index (χ0n) is 17.8. The van der Waals surface area contributed by atoms with Gasteiger partial charge in [0.25, 0.3) is 5.91 Å². The van der Waals surface area contributed by atoms with Gasteiger partial charge in [0.1, 0.15) is 18.2 Å². The van der Waals surface area contributed by atoms with Crippen LogP contribution < -0.4 is 15.8 Å². The van der Waals surface area contributed by atoms with Crippen molar-refractivity contribution in [1.29, 1.82) is 10.8 Å². The van der Waals surface area contributed by atoms with Crippen LogP contribution in [0.5, 0.6) is 5.75 Å². The van der Waals surface area contributed by atoms with Crippen molar-refractivity contribution < 1.29 is 9.53 Å². The number of amides is 1. The lowest BCUT2D eigenvalue weighted by Crippen LogP contribution is -2.34. The van der Waals surface area contributed by atoms with Crippen LogP contribution >= 0.6 is 0 Å². The summed E-state index contributed by atoms with van der Waals surface area (Å²) >= 11 is 0. The van der Waals surface area contributed by atoms with E-state index in [0.717, 1.165) is 31.5 Å². The molecule has 0 saturated carbocycles. The number of hydrogen-bond donors (Lipinski definition) is 4. The average Bonchev–Trinajstić information content (AvgIpc) is 2.77. The van der Waals surface area contributed by atoms with Gasteiger partial charge in [-0.1, -0.05) is 35.9 Å². The summed E-state index contributed by atoms with van der Waals surface area (Å²) in [6.07, 6.45) is 4.11. The summed E-state index contributed by atoms with van der Waals surface area (Å²) in [6, 6.07) is 14.6. The molecule has 3 rings (SSSR count). The Morgan fingerprint density at radius 1 is 1.13 bits per heavy atom. The molecule has 1 aliphatic rings. The van der Waals surface area contributed by atoms with E-state index in [9.17, 15) is 4.79 Å². The zero-order valence-corrected chi connectivity index (χ0v) is 17.8. The number of nitrogens with two attached hydrogens (primary N) is 1. The van der Waals surface area contributed by atoms with Crippen LogP contribution in [-0.4, -0.2) is 48.7 Å². The second-order valence-corrected chi connectivity index (χ2v) is 7.54. The van der Waals surface area contributed by atoms with Crippen molar-refractivity contribution in [3.63, 3.8) is 0 Å². The predicted molar refractivity (Wildman–Crippen MR) is 124 cm³/mol. The van der Waals surface area contributed by atoms with Crippen molar-refractivity contribution in [2.45, 2.75) is 19.8 Å². The number of ether oxygens (including phenoxy) is 1. The van der Waals surface area contributed by atoms with E-state index in [4.69, 9.17) is 21.3 Å². The molecule has 2 aromatic rings. The van der Waals surface area contributed by atoms with Crippen LogP contribution in [0.4, 0.5) is 0 Å². The standard InChI is InChI=1S/C24H29N5O2/c1-17(25)29-12-9-19(10-13-29)15-18-5-7-20(8-6-18)24(30)28-11-14-31-22-4-2-3-21(16-22)23(26)27/h2-8,15-16,25H,9-14H2,1H3,(H3,26,27)(H,28,30). The molecule has 7 heteroatoms. The van der Waals surface area contributed by atoms with Gasteiger partial charge in [-0.25, -0.2) is 0 Å². The summed E-state index contributed by atoms with van der Waals surface area (Å²) in [5.41, 5.74) is 9.15. The van der Waals surface area contributed by atoms with Crippen molar-refractivity contribution >= 4 is 23.7 Å². The monoisotopic (exact) mass is 419 g/mol. The highest BCUT2D eigenvalue weighted by molar-refractivity contribution is 5.95. The largest absolute Gasteiger partial charge is 0.492 e. The summed E-state index contributed by atoms with van der Waals surface area (Å²) in [5.74, 6) is 1.09. The third kappa shape index (κ3) is 6.44. The van der Waals surface area contributed by atoms with Crippen LogP contribution in [0.25, 0.3) is 6.08 Å². The average molecular weight is 420 g/mol. The molecule has 1 heterocycles. The fourth-order valence-electron chi connectivity index (χ4n) is 3.43. The first kappa shape index (κ1) is 22.1. The van der Waals surface area contributed by atoms with Crippen molar-refractivity contribution in [3.8, 4) is 5.75 Å². The Morgan fingerprint density at radius 3 is 2.48 bits per heavy atom. The molecule has 5 N–H and O–H groups in total. The molecule has 0 unspecified atom stereocenters. The molecule has 0 radical (unpaired) electrons. The maximum absolute atomic E-state index is 12.3. The molecule has 0 spiro atoms. The number of nitrogens with one attached hydrogen (secondary N) is 3. The highest BCUT2D eigenvalue weighted by Crippen LogP contribution is 2.20. The van der Waals surface area contributed by atoms with Gasteiger partial charge in [-0.2, -0.15) is 0 Å². The first-order valence-corrected chi connectivity index (χ1v) is 10.4. The van der Waals surface area contributed by atoms with Gasteiger partial charge in [-0.15, -0.1) is 0 Å². The lowest BCUT2D eigenvalue weighted by molar-refractivity contribution is 0.0947. The first-order chi connectivity index (χ1) is 14.9. The third-order valence-corrected chi connectivity index (χ3v) is 5.23. The van der Waals surface area contributed by atoms with E-state index in [0.29, 0.717) is 35.9 Å². The fraction of sp³-hybridized carbons (Fsp3) is 0.292. The minimum Gasteiger partial charge on any atom is -0.492 e. The second-order valence-electron chi connectivity index (χ2n) is 7.54. The number of rotatable bonds is 7. The molecule has 2 aromatic carbocycles. The van der Waals surface area contributed by atoms with Gasteiger partial charge in [0.05, 0.1) is 12.4 Å². The Labute approximate surface area is 182 Å². The molecule has 0 aromatic heterocycles. The number of nitrogens with zero attached hydrogens (tertiary/aromatic N) is 1. The quantitative estimate of drug-likeness (QED) is 0.313. The Balaban J connectivity index is 1.45. The van der Waals surface area contributed by atoms with Gasteiger partial charge in [0.2, 0.25) is 0 Å². The highest BCUT2D eigenvalue weighted by atomic mass is 16.5. The number of benzene rings is 2. The first-order valence-electron chi connectivity index (χ1n) is 10.4. The van der Waals surface area contributed by atoms with Crippen molar-refractivity contribution in [3.05, 3.63) is 70.8 Å². The Hall–Kier alpha value is -3.61. The number of piperidine rings is 1. The minimum absolute atomic E-state index is 0.00948. The van der Waals surface area contributed by atoms with Gasteiger partial charge >= 0.3 is 0 Å². The predicted octanol–water partition coefficient (Wildman–Crippen LogP) is 3.26. The summed E-state index contributed by atoms with van der Waals surface area (Å²) in [4.78, 5) is 14.4. The van der Waals surface area contributed by atoms with Gasteiger partial charge in [-0.3, -0.25) is 15.6 Å². The maximum atomic E-state index is 12.3. The number of nitrogen functional groups attached to an aromatic ring is 1. The van der Waals surface area contributed by atoms with Crippen molar-refractivity contribution in [1.82, 2.24) is 10.2 Å². The molecule has 1 fully saturated rings. The molecule has 0 atom stereocenters. The maximum Gasteiger partial charge on any atom is 0.251 e. The topological polar surface area (TPSA) is 115 Å². The smallest absolute Gasteiger partial charge is 0.251 e. The molecule has 1 aliphatic heterocycles. The van der Waals surface area contributed by atoms with Gasteiger partial charge in [0, 0.05) is 24.2 Å². The summed E-state index contributed by atoms with van der Waals surface area (Å²) in [6.45, 7) is 4.31. The normalized spacial score (nSPS) is 13.5. The van der Waals surface area contributed by atoms with Crippen LogP contribution in [0.2, 0.25) is 0 Å². The molecule has 7 nitrogen and oxygen atoms in total. The van der Waals surface area contributed by atoms with E-state index < -0.39 is 0 Å². The third-order valence-electron chi connectivity index (χ3n) is 5.23. The van der Waals surface area contributed by atoms with Gasteiger partial charge in [-0.05, 0) is 49.6 Å². The molecular weight excluding hydrogens is 390 g/mol. The van der Waals surface area contributed by atoms with E-state index >= 15 is 0 Å². The minimum atomic E-state index is -0.143. The van der Waals surface area contributed by atoms with Crippen LogP contribution in [-0.2, 0) is 0 Å². The number of likely N-dealkylation sites (tertiary alicyclic amines) is 1. The zero-order chi connectivity index (χ0) is 22.2. The molecule has 162 valence electrons. The van der Waals surface area contributed by atoms with Crippen molar-refractivity contribution in [2.24, 2.45) is 5.73 Å². The van der Waals surface area contributed by atoms with E-state index in [1.54, 1.807) is 24.3 Å². The molecule has 1 saturated heterocycles. The van der Waals surface area contributed by atoms with E-state index in [2.05, 4.69) is 16.3 Å². The van der Waals surface area contributed by atoms with E-state index in [-0.39, 0.29) is 11.7 Å². The fourth-order valence-corrected chi connectivity index (χ4v) is 3.43. The van der Waals surface area contributed by atoms with E-state index in [1.165, 1.54) is 5.57 Å². The summed E-state index contributed by atoms with van der Waals surface area (Å²) in [5, 5.41) is 18.0. The molecule has 1 amide bonds. The molecular formula is C24H29N5O2. The SMILES string of the molecule is CC(=N)N1CCC(=Cc2ccc(C(=O)NCCOc3cccc(C(=N)N)c3)cc2)CC1. The van der Waals surface area contributed by atoms with Crippen LogP contribution in [0, 0.1) is 10.8 Å². The lowest BCUT2D eigenvalue weighted by Gasteiger charge is -2.29. The Bertz CT molecular complexity index is 972. The number of carbonyl (C=O) groups excluding carboxylic acids is 1. The molecule has 0 aliphatic carbocycles. The summed E-state index contributed by atoms with van der Waals surface area (Å²) < 4.78 is 5.62. The van der Waals surface area contributed by atoms with Crippen LogP contribution in [0.1, 0.15) is 41.3 Å². The Kier molecular flexibility index (Phi) is 7.43. The van der Waals surface area contributed by atoms with Crippen molar-refractivity contribution in [2.75, 3.05) is 26.2 Å². The lowest BCUT2D eigenvalue weighted by atomic mass is 10.0. The highest BCUT2D eigenvalue weighted by Gasteiger charge is 2.14. The number of carbonyl (C=O) groups is 1. The molecule has 0 bridgehead atoms. The van der Waals surface area contributed by atoms with Crippen LogP contribution in [0.3, 0.4) is 0 Å².